The first-order valence-electron chi connectivity index (χ1n) is 10.3. The summed E-state index contributed by atoms with van der Waals surface area (Å²) in [5.41, 5.74) is 4.33. The Balaban J connectivity index is 1.40. The lowest BCUT2D eigenvalue weighted by Crippen LogP contribution is -2.53. The molecule has 1 saturated heterocycles. The molecule has 0 spiro atoms. The number of fused-ring (bicyclic) bond motifs is 1. The van der Waals surface area contributed by atoms with Gasteiger partial charge < -0.3 is 9.49 Å². The predicted octanol–water partition coefficient (Wildman–Crippen LogP) is 1.30. The molecule has 2 radical (unpaired) electrons. The van der Waals surface area contributed by atoms with Crippen molar-refractivity contribution in [3.8, 4) is 0 Å². The average molecular weight is 411 g/mol. The van der Waals surface area contributed by atoms with E-state index in [0.29, 0.717) is 18.5 Å². The molecule has 9 heteroatoms. The molecule has 2 aromatic carbocycles. The Morgan fingerprint density at radius 3 is 2.84 bits per heavy atom. The second kappa shape index (κ2) is 6.44. The summed E-state index contributed by atoms with van der Waals surface area (Å²) in [6, 6.07) is 9.04. The third-order valence-corrected chi connectivity index (χ3v) is 6.42. The zero-order valence-corrected chi connectivity index (χ0v) is 16.7. The summed E-state index contributed by atoms with van der Waals surface area (Å²) in [5, 5.41) is 8.51. The minimum atomic E-state index is -0.683. The summed E-state index contributed by atoms with van der Waals surface area (Å²) in [5.74, 6) is -0.919. The summed E-state index contributed by atoms with van der Waals surface area (Å²) in [6.45, 7) is 1.42. The van der Waals surface area contributed by atoms with Gasteiger partial charge in [-0.3, -0.25) is 24.6 Å². The maximum Gasteiger partial charge on any atom is 0.264 e. The number of rotatable bonds is 2. The first kappa shape index (κ1) is 18.2. The molecule has 152 valence electrons. The molecule has 3 aliphatic heterocycles. The van der Waals surface area contributed by atoms with E-state index in [1.807, 2.05) is 30.5 Å². The lowest BCUT2D eigenvalue weighted by Gasteiger charge is -2.30. The number of nitrogens with one attached hydrogen (secondary N) is 1. The molecule has 1 fully saturated rings. The van der Waals surface area contributed by atoms with Crippen molar-refractivity contribution in [2.45, 2.75) is 31.8 Å². The van der Waals surface area contributed by atoms with E-state index >= 15 is 0 Å². The van der Waals surface area contributed by atoms with Crippen molar-refractivity contribution in [3.63, 3.8) is 0 Å². The van der Waals surface area contributed by atoms with Gasteiger partial charge in [-0.1, -0.05) is 12.1 Å². The van der Waals surface area contributed by atoms with Crippen molar-refractivity contribution in [2.75, 3.05) is 16.3 Å². The van der Waals surface area contributed by atoms with Crippen molar-refractivity contribution >= 4 is 47.8 Å². The Bertz CT molecular complexity index is 1300. The van der Waals surface area contributed by atoms with Crippen molar-refractivity contribution in [2.24, 2.45) is 0 Å². The molecule has 0 bridgehead atoms. The first-order valence-corrected chi connectivity index (χ1v) is 10.3. The van der Waals surface area contributed by atoms with E-state index in [0.717, 1.165) is 46.4 Å². The number of amides is 3. The number of hydrogen-bond donors (Lipinski definition) is 1. The van der Waals surface area contributed by atoms with Crippen LogP contribution in [0.25, 0.3) is 10.8 Å². The molecule has 1 N–H and O–H groups in total. The fraction of sp³-hybridized carbons (Fsp3) is 0.273. The molecule has 31 heavy (non-hydrogen) atoms. The SMILES string of the molecule is [B]n1cc2c(n1)CN(c1cc3c4c(cccc4c1)N(C1CCC(=O)NC1=O)C3=O)CC2. The van der Waals surface area contributed by atoms with Gasteiger partial charge in [0, 0.05) is 30.2 Å². The highest BCUT2D eigenvalue weighted by Gasteiger charge is 2.41. The van der Waals surface area contributed by atoms with Gasteiger partial charge in [0.2, 0.25) is 11.8 Å². The summed E-state index contributed by atoms with van der Waals surface area (Å²) < 4.78 is 1.35. The number of carbonyl (C=O) groups excluding carboxylic acids is 3. The van der Waals surface area contributed by atoms with Gasteiger partial charge in [-0.05, 0) is 42.0 Å². The van der Waals surface area contributed by atoms with Crippen LogP contribution < -0.4 is 15.1 Å². The molecule has 6 rings (SSSR count). The molecule has 3 amide bonds. The maximum atomic E-state index is 13.5. The van der Waals surface area contributed by atoms with Crippen LogP contribution >= 0.6 is 0 Å². The highest BCUT2D eigenvalue weighted by Crippen LogP contribution is 2.42. The number of anilines is 2. The van der Waals surface area contributed by atoms with Crippen molar-refractivity contribution in [3.05, 3.63) is 53.3 Å². The van der Waals surface area contributed by atoms with Gasteiger partial charge in [0.05, 0.1) is 23.5 Å². The normalized spacial score (nSPS) is 20.4. The number of nitrogens with zero attached hydrogens (tertiary/aromatic N) is 4. The largest absolute Gasteiger partial charge is 0.365 e. The fourth-order valence-electron chi connectivity index (χ4n) is 4.97. The van der Waals surface area contributed by atoms with Crippen LogP contribution in [-0.2, 0) is 22.6 Å². The van der Waals surface area contributed by atoms with Gasteiger partial charge in [-0.15, -0.1) is 0 Å². The van der Waals surface area contributed by atoms with E-state index in [1.165, 1.54) is 4.59 Å². The fourth-order valence-corrected chi connectivity index (χ4v) is 4.97. The number of carbonyl (C=O) groups is 3. The summed E-state index contributed by atoms with van der Waals surface area (Å²) >= 11 is 0. The van der Waals surface area contributed by atoms with E-state index in [2.05, 4.69) is 21.4 Å². The lowest BCUT2D eigenvalue weighted by atomic mass is 10.0. The van der Waals surface area contributed by atoms with Crippen LogP contribution in [0.4, 0.5) is 11.4 Å². The predicted molar refractivity (Wildman–Crippen MR) is 115 cm³/mol. The van der Waals surface area contributed by atoms with E-state index in [4.69, 9.17) is 7.98 Å². The summed E-state index contributed by atoms with van der Waals surface area (Å²) in [4.78, 5) is 41.3. The van der Waals surface area contributed by atoms with Gasteiger partial charge in [0.1, 0.15) is 6.04 Å². The van der Waals surface area contributed by atoms with Crippen LogP contribution in [0.1, 0.15) is 34.5 Å². The van der Waals surface area contributed by atoms with E-state index < -0.39 is 11.9 Å². The van der Waals surface area contributed by atoms with E-state index in [-0.39, 0.29) is 18.2 Å². The zero-order valence-electron chi connectivity index (χ0n) is 16.7. The Morgan fingerprint density at radius 1 is 1.13 bits per heavy atom. The quantitative estimate of drug-likeness (QED) is 0.508. The Kier molecular flexibility index (Phi) is 3.78. The molecule has 4 heterocycles. The summed E-state index contributed by atoms with van der Waals surface area (Å²) in [6.07, 6.45) is 3.22. The van der Waals surface area contributed by atoms with Crippen LogP contribution in [-0.4, -0.2) is 48.0 Å². The average Bonchev–Trinajstić information content (AvgIpc) is 3.26. The number of benzene rings is 2. The van der Waals surface area contributed by atoms with E-state index in [1.54, 1.807) is 4.90 Å². The molecule has 1 unspecified atom stereocenters. The molecule has 1 atom stereocenters. The molecule has 0 saturated carbocycles. The number of imide groups is 1. The second-order valence-corrected chi connectivity index (χ2v) is 8.26. The second-order valence-electron chi connectivity index (χ2n) is 8.26. The minimum absolute atomic E-state index is 0.202. The van der Waals surface area contributed by atoms with Crippen LogP contribution in [0.15, 0.2) is 36.5 Å². The molecule has 3 aliphatic rings. The van der Waals surface area contributed by atoms with Gasteiger partial charge in [0.15, 0.2) is 0 Å². The van der Waals surface area contributed by atoms with Crippen LogP contribution in [0.5, 0.6) is 0 Å². The van der Waals surface area contributed by atoms with Crippen molar-refractivity contribution in [1.82, 2.24) is 15.0 Å². The first-order chi connectivity index (χ1) is 15.0. The van der Waals surface area contributed by atoms with Gasteiger partial charge in [-0.2, -0.15) is 5.10 Å². The van der Waals surface area contributed by atoms with Gasteiger partial charge in [-0.25, -0.2) is 0 Å². The molecule has 1 aromatic heterocycles. The topological polar surface area (TPSA) is 87.5 Å². The van der Waals surface area contributed by atoms with E-state index in [9.17, 15) is 14.4 Å². The highest BCUT2D eigenvalue weighted by atomic mass is 16.2. The molecule has 8 nitrogen and oxygen atoms in total. The van der Waals surface area contributed by atoms with Crippen LogP contribution in [0.3, 0.4) is 0 Å². The monoisotopic (exact) mass is 411 g/mol. The number of piperidine rings is 1. The smallest absolute Gasteiger partial charge is 0.264 e. The number of aromatic nitrogens is 2. The Labute approximate surface area is 179 Å². The number of hydrogen-bond acceptors (Lipinski definition) is 5. The maximum absolute atomic E-state index is 13.5. The third kappa shape index (κ3) is 2.69. The molecule has 3 aromatic rings. The highest BCUT2D eigenvalue weighted by molar-refractivity contribution is 6.27. The molecular weight excluding hydrogens is 393 g/mol. The summed E-state index contributed by atoms with van der Waals surface area (Å²) in [7, 11) is 5.78. The van der Waals surface area contributed by atoms with Crippen molar-refractivity contribution < 1.29 is 14.4 Å². The van der Waals surface area contributed by atoms with Gasteiger partial charge >= 0.3 is 0 Å². The zero-order chi connectivity index (χ0) is 21.3. The molecule has 0 aliphatic carbocycles. The minimum Gasteiger partial charge on any atom is -0.365 e. The van der Waals surface area contributed by atoms with Crippen LogP contribution in [0.2, 0.25) is 0 Å². The standard InChI is InChI=1S/C22H18BN5O3/c23-27-10-13-6-7-26(11-16(13)25-27)14-8-12-2-1-3-17-20(12)15(9-14)22(31)28(17)18-4-5-19(29)24-21(18)30/h1-3,8-10,18H,4-7,11H2,(H,24,29,30). The molecular formula is C22H18BN5O3. The Hall–Kier alpha value is -3.62. The van der Waals surface area contributed by atoms with Crippen molar-refractivity contribution in [1.29, 1.82) is 0 Å². The van der Waals surface area contributed by atoms with Crippen LogP contribution in [0, 0.1) is 0 Å². The third-order valence-electron chi connectivity index (χ3n) is 6.42. The lowest BCUT2D eigenvalue weighted by molar-refractivity contribution is -0.134. The Morgan fingerprint density at radius 2 is 2.00 bits per heavy atom. The van der Waals surface area contributed by atoms with Gasteiger partial charge in [0.25, 0.3) is 13.9 Å².